The van der Waals surface area contributed by atoms with Gasteiger partial charge in [-0.1, -0.05) is 23.7 Å². The van der Waals surface area contributed by atoms with Crippen LogP contribution in [0.1, 0.15) is 0 Å². The van der Waals surface area contributed by atoms with Crippen molar-refractivity contribution in [3.63, 3.8) is 0 Å². The quantitative estimate of drug-likeness (QED) is 0.694. The zero-order valence-corrected chi connectivity index (χ0v) is 12.8. The number of nitrogen functional groups attached to an aromatic ring is 1. The van der Waals surface area contributed by atoms with E-state index in [9.17, 15) is 0 Å². The molecule has 1 aromatic carbocycles. The number of H-pyrrole nitrogens is 1. The van der Waals surface area contributed by atoms with Gasteiger partial charge in [0.25, 0.3) is 0 Å². The van der Waals surface area contributed by atoms with E-state index in [1.807, 2.05) is 30.3 Å². The zero-order chi connectivity index (χ0) is 13.4. The van der Waals surface area contributed by atoms with Crippen LogP contribution in [-0.2, 0) is 0 Å². The van der Waals surface area contributed by atoms with Gasteiger partial charge in [-0.05, 0) is 39.7 Å². The lowest BCUT2D eigenvalue weighted by Gasteiger charge is -2.03. The van der Waals surface area contributed by atoms with Crippen LogP contribution in [0.15, 0.2) is 39.5 Å². The predicted octanol–water partition coefficient (Wildman–Crippen LogP) is 4.80. The molecule has 0 unspecified atom stereocenters. The van der Waals surface area contributed by atoms with E-state index in [1.165, 1.54) is 0 Å². The van der Waals surface area contributed by atoms with Gasteiger partial charge >= 0.3 is 0 Å². The van der Waals surface area contributed by atoms with Crippen LogP contribution in [-0.4, -0.2) is 10.2 Å². The van der Waals surface area contributed by atoms with E-state index in [1.54, 1.807) is 11.3 Å². The van der Waals surface area contributed by atoms with E-state index in [4.69, 9.17) is 17.3 Å². The number of hydrogen-bond donors (Lipinski definition) is 2. The van der Waals surface area contributed by atoms with Crippen molar-refractivity contribution in [1.82, 2.24) is 10.2 Å². The first kappa shape index (κ1) is 12.7. The number of halogens is 2. The van der Waals surface area contributed by atoms with Crippen LogP contribution in [0, 0.1) is 0 Å². The maximum absolute atomic E-state index is 5.97. The molecule has 3 N–H and O–H groups in total. The molecule has 0 fully saturated rings. The third-order valence-corrected chi connectivity index (χ3v) is 4.54. The summed E-state index contributed by atoms with van der Waals surface area (Å²) in [4.78, 5) is 0. The fraction of sp³-hybridized carbons (Fsp3) is 0. The van der Waals surface area contributed by atoms with Crippen LogP contribution in [0.5, 0.6) is 0 Å². The molecule has 0 saturated heterocycles. The third-order valence-electron chi connectivity index (χ3n) is 2.78. The van der Waals surface area contributed by atoms with E-state index < -0.39 is 0 Å². The maximum atomic E-state index is 5.97. The Balaban J connectivity index is 2.16. The number of benzene rings is 1. The molecule has 0 saturated carbocycles. The van der Waals surface area contributed by atoms with Crippen molar-refractivity contribution in [2.45, 2.75) is 0 Å². The predicted molar refractivity (Wildman–Crippen MR) is 84.5 cm³/mol. The SMILES string of the molecule is Nc1n[nH]c(-c2csc(Br)c2)c1-c1ccc(Cl)cc1. The van der Waals surface area contributed by atoms with Gasteiger partial charge in [0, 0.05) is 16.0 Å². The number of thiophene rings is 1. The molecule has 0 spiro atoms. The molecule has 0 aliphatic heterocycles. The summed E-state index contributed by atoms with van der Waals surface area (Å²) in [6, 6.07) is 9.60. The summed E-state index contributed by atoms with van der Waals surface area (Å²) in [5, 5.41) is 9.86. The summed E-state index contributed by atoms with van der Waals surface area (Å²) >= 11 is 11.0. The van der Waals surface area contributed by atoms with Crippen LogP contribution >= 0.6 is 38.9 Å². The molecule has 2 aromatic heterocycles. The van der Waals surface area contributed by atoms with Gasteiger partial charge in [0.1, 0.15) is 0 Å². The second kappa shape index (κ2) is 5.00. The van der Waals surface area contributed by atoms with Gasteiger partial charge in [0.15, 0.2) is 5.82 Å². The lowest BCUT2D eigenvalue weighted by Crippen LogP contribution is -1.88. The molecule has 6 heteroatoms. The number of aromatic nitrogens is 2. The maximum Gasteiger partial charge on any atom is 0.153 e. The Morgan fingerprint density at radius 1 is 1.21 bits per heavy atom. The standard InChI is InChI=1S/C13H9BrClN3S/c14-10-5-8(6-19-10)12-11(13(16)18-17-12)7-1-3-9(15)4-2-7/h1-6H,(H3,16,17,18). The molecule has 0 atom stereocenters. The molecule has 19 heavy (non-hydrogen) atoms. The molecule has 3 nitrogen and oxygen atoms in total. The first-order valence-electron chi connectivity index (χ1n) is 5.49. The van der Waals surface area contributed by atoms with Crippen molar-refractivity contribution in [1.29, 1.82) is 0 Å². The Morgan fingerprint density at radius 2 is 1.95 bits per heavy atom. The first-order chi connectivity index (χ1) is 9.15. The molecule has 0 aliphatic rings. The molecule has 2 heterocycles. The van der Waals surface area contributed by atoms with E-state index >= 15 is 0 Å². The monoisotopic (exact) mass is 353 g/mol. The number of anilines is 1. The van der Waals surface area contributed by atoms with E-state index in [-0.39, 0.29) is 0 Å². The van der Waals surface area contributed by atoms with Crippen LogP contribution in [0.4, 0.5) is 5.82 Å². The summed E-state index contributed by atoms with van der Waals surface area (Å²) in [6.07, 6.45) is 0. The number of nitrogens with one attached hydrogen (secondary N) is 1. The highest BCUT2D eigenvalue weighted by atomic mass is 79.9. The topological polar surface area (TPSA) is 54.7 Å². The lowest BCUT2D eigenvalue weighted by molar-refractivity contribution is 1.10. The second-order valence-corrected chi connectivity index (χ2v) is 6.73. The average molecular weight is 355 g/mol. The highest BCUT2D eigenvalue weighted by Crippen LogP contribution is 2.37. The van der Waals surface area contributed by atoms with Crippen LogP contribution in [0.2, 0.25) is 5.02 Å². The molecule has 0 bridgehead atoms. The fourth-order valence-corrected chi connectivity index (χ4v) is 3.19. The Hall–Kier alpha value is -1.30. The molecular weight excluding hydrogens is 346 g/mol. The van der Waals surface area contributed by atoms with E-state index in [0.29, 0.717) is 10.8 Å². The molecule has 0 aliphatic carbocycles. The fourth-order valence-electron chi connectivity index (χ4n) is 1.91. The minimum absolute atomic E-state index is 0.486. The van der Waals surface area contributed by atoms with E-state index in [2.05, 4.69) is 31.5 Å². The Bertz CT molecular complexity index is 718. The largest absolute Gasteiger partial charge is 0.382 e. The molecule has 96 valence electrons. The van der Waals surface area contributed by atoms with Gasteiger partial charge in [-0.15, -0.1) is 11.3 Å². The first-order valence-corrected chi connectivity index (χ1v) is 7.54. The van der Waals surface area contributed by atoms with Gasteiger partial charge in [0.2, 0.25) is 0 Å². The lowest BCUT2D eigenvalue weighted by atomic mass is 10.0. The van der Waals surface area contributed by atoms with E-state index in [0.717, 1.165) is 26.2 Å². The number of rotatable bonds is 2. The van der Waals surface area contributed by atoms with Gasteiger partial charge < -0.3 is 5.73 Å². The number of aromatic amines is 1. The molecule has 0 radical (unpaired) electrons. The summed E-state index contributed by atoms with van der Waals surface area (Å²) < 4.78 is 1.07. The molecule has 3 aromatic rings. The highest BCUT2D eigenvalue weighted by molar-refractivity contribution is 9.11. The van der Waals surface area contributed by atoms with Crippen molar-refractivity contribution < 1.29 is 0 Å². The van der Waals surface area contributed by atoms with Gasteiger partial charge in [-0.25, -0.2) is 0 Å². The molecule has 0 amide bonds. The molecule has 3 rings (SSSR count). The van der Waals surface area contributed by atoms with Crippen molar-refractivity contribution in [2.75, 3.05) is 5.73 Å². The number of nitrogens with zero attached hydrogens (tertiary/aromatic N) is 1. The number of hydrogen-bond acceptors (Lipinski definition) is 3. The van der Waals surface area contributed by atoms with Gasteiger partial charge in [0.05, 0.1) is 15.0 Å². The normalized spacial score (nSPS) is 10.8. The Labute approximate surface area is 127 Å². The smallest absolute Gasteiger partial charge is 0.153 e. The van der Waals surface area contributed by atoms with Crippen molar-refractivity contribution in [3.05, 3.63) is 44.5 Å². The summed E-state index contributed by atoms with van der Waals surface area (Å²) in [7, 11) is 0. The summed E-state index contributed by atoms with van der Waals surface area (Å²) in [6.45, 7) is 0. The minimum Gasteiger partial charge on any atom is -0.382 e. The van der Waals surface area contributed by atoms with Crippen molar-refractivity contribution in [2.24, 2.45) is 0 Å². The van der Waals surface area contributed by atoms with Crippen LogP contribution in [0.25, 0.3) is 22.4 Å². The highest BCUT2D eigenvalue weighted by Gasteiger charge is 2.15. The second-order valence-electron chi connectivity index (χ2n) is 4.01. The Kier molecular flexibility index (Phi) is 3.35. The van der Waals surface area contributed by atoms with Gasteiger partial charge in [-0.2, -0.15) is 5.10 Å². The molecular formula is C13H9BrClN3S. The zero-order valence-electron chi connectivity index (χ0n) is 9.65. The number of nitrogens with two attached hydrogens (primary N) is 1. The minimum atomic E-state index is 0.486. The summed E-state index contributed by atoms with van der Waals surface area (Å²) in [5.41, 5.74) is 9.85. The Morgan fingerprint density at radius 3 is 2.58 bits per heavy atom. The average Bonchev–Trinajstić information content (AvgIpc) is 2.97. The third kappa shape index (κ3) is 2.41. The van der Waals surface area contributed by atoms with Crippen molar-refractivity contribution in [3.8, 4) is 22.4 Å². The van der Waals surface area contributed by atoms with Crippen molar-refractivity contribution >= 4 is 44.7 Å². The summed E-state index contributed by atoms with van der Waals surface area (Å²) in [5.74, 6) is 0.486. The van der Waals surface area contributed by atoms with Crippen LogP contribution < -0.4 is 5.73 Å². The van der Waals surface area contributed by atoms with Gasteiger partial charge in [-0.3, -0.25) is 5.10 Å². The van der Waals surface area contributed by atoms with Crippen LogP contribution in [0.3, 0.4) is 0 Å².